The fourth-order valence-corrected chi connectivity index (χ4v) is 1.61. The van der Waals surface area contributed by atoms with E-state index in [1.54, 1.807) is 0 Å². The molecule has 0 spiro atoms. The van der Waals surface area contributed by atoms with Crippen molar-refractivity contribution >= 4 is 5.91 Å². The lowest BCUT2D eigenvalue weighted by Crippen LogP contribution is -2.40. The Kier molecular flexibility index (Phi) is 5.88. The second kappa shape index (κ2) is 6.11. The van der Waals surface area contributed by atoms with Crippen LogP contribution in [0.3, 0.4) is 0 Å². The van der Waals surface area contributed by atoms with Gasteiger partial charge in [-0.15, -0.1) is 0 Å². The minimum Gasteiger partial charge on any atom is -0.345 e. The SMILES string of the molecule is CCNCC(C)C(=O)N(C)CC(C)(C)C. The average Bonchev–Trinajstić information content (AvgIpc) is 2.10. The molecule has 15 heavy (non-hydrogen) atoms. The van der Waals surface area contributed by atoms with E-state index in [1.807, 2.05) is 18.9 Å². The van der Waals surface area contributed by atoms with Gasteiger partial charge in [0.2, 0.25) is 5.91 Å². The van der Waals surface area contributed by atoms with Crippen molar-refractivity contribution in [1.82, 2.24) is 10.2 Å². The third-order valence-electron chi connectivity index (χ3n) is 2.21. The predicted octanol–water partition coefficient (Wildman–Crippen LogP) is 1.74. The molecule has 0 aliphatic heterocycles. The first-order valence-corrected chi connectivity index (χ1v) is 5.73. The summed E-state index contributed by atoms with van der Waals surface area (Å²) in [6, 6.07) is 0. The molecule has 90 valence electrons. The van der Waals surface area contributed by atoms with Gasteiger partial charge in [-0.2, -0.15) is 0 Å². The van der Waals surface area contributed by atoms with E-state index in [0.29, 0.717) is 0 Å². The van der Waals surface area contributed by atoms with E-state index in [9.17, 15) is 4.79 Å². The Bertz CT molecular complexity index is 196. The summed E-state index contributed by atoms with van der Waals surface area (Å²) in [6.45, 7) is 13.0. The molecule has 0 heterocycles. The van der Waals surface area contributed by atoms with Gasteiger partial charge in [0.1, 0.15) is 0 Å². The molecule has 0 aromatic rings. The minimum absolute atomic E-state index is 0.0669. The molecule has 3 heteroatoms. The fourth-order valence-electron chi connectivity index (χ4n) is 1.61. The van der Waals surface area contributed by atoms with E-state index in [1.165, 1.54) is 0 Å². The maximum Gasteiger partial charge on any atom is 0.226 e. The zero-order valence-corrected chi connectivity index (χ0v) is 11.1. The van der Waals surface area contributed by atoms with Crippen LogP contribution < -0.4 is 5.32 Å². The number of carbonyl (C=O) groups is 1. The molecule has 1 unspecified atom stereocenters. The van der Waals surface area contributed by atoms with Crippen LogP contribution in [0.2, 0.25) is 0 Å². The van der Waals surface area contributed by atoms with Crippen LogP contribution in [0, 0.1) is 11.3 Å². The molecular formula is C12H26N2O. The summed E-state index contributed by atoms with van der Waals surface area (Å²) in [5, 5.41) is 3.20. The second-order valence-corrected chi connectivity index (χ2v) is 5.46. The summed E-state index contributed by atoms with van der Waals surface area (Å²) < 4.78 is 0. The molecule has 1 atom stereocenters. The highest BCUT2D eigenvalue weighted by Crippen LogP contribution is 2.15. The van der Waals surface area contributed by atoms with Gasteiger partial charge in [-0.1, -0.05) is 34.6 Å². The standard InChI is InChI=1S/C12H26N2O/c1-7-13-8-10(2)11(15)14(6)9-12(3,4)5/h10,13H,7-9H2,1-6H3. The van der Waals surface area contributed by atoms with Gasteiger partial charge in [0.25, 0.3) is 0 Å². The average molecular weight is 214 g/mol. The van der Waals surface area contributed by atoms with Crippen LogP contribution in [-0.4, -0.2) is 37.5 Å². The van der Waals surface area contributed by atoms with E-state index in [2.05, 4.69) is 33.0 Å². The zero-order chi connectivity index (χ0) is 12.1. The molecule has 0 saturated heterocycles. The molecule has 0 rings (SSSR count). The van der Waals surface area contributed by atoms with Crippen LogP contribution in [0.15, 0.2) is 0 Å². The molecule has 0 fully saturated rings. The van der Waals surface area contributed by atoms with Gasteiger partial charge in [0, 0.05) is 26.1 Å². The van der Waals surface area contributed by atoms with E-state index in [4.69, 9.17) is 0 Å². The lowest BCUT2D eigenvalue weighted by Gasteiger charge is -2.28. The van der Waals surface area contributed by atoms with Gasteiger partial charge in [-0.3, -0.25) is 4.79 Å². The van der Waals surface area contributed by atoms with Crippen LogP contribution in [0.1, 0.15) is 34.6 Å². The Morgan fingerprint density at radius 3 is 2.33 bits per heavy atom. The molecule has 0 aromatic heterocycles. The molecule has 0 aromatic carbocycles. The topological polar surface area (TPSA) is 32.3 Å². The smallest absolute Gasteiger partial charge is 0.226 e. The van der Waals surface area contributed by atoms with Crippen molar-refractivity contribution in [3.05, 3.63) is 0 Å². The number of nitrogens with zero attached hydrogens (tertiary/aromatic N) is 1. The molecular weight excluding hydrogens is 188 g/mol. The van der Waals surface area contributed by atoms with Crippen LogP contribution in [0.25, 0.3) is 0 Å². The predicted molar refractivity (Wildman–Crippen MR) is 64.8 cm³/mol. The lowest BCUT2D eigenvalue weighted by molar-refractivity contribution is -0.134. The number of hydrogen-bond donors (Lipinski definition) is 1. The van der Waals surface area contributed by atoms with Gasteiger partial charge >= 0.3 is 0 Å². The van der Waals surface area contributed by atoms with Crippen molar-refractivity contribution in [2.75, 3.05) is 26.7 Å². The Labute approximate surface area is 94.2 Å². The summed E-state index contributed by atoms with van der Waals surface area (Å²) in [6.07, 6.45) is 0. The third kappa shape index (κ3) is 6.50. The van der Waals surface area contributed by atoms with Crippen molar-refractivity contribution in [2.24, 2.45) is 11.3 Å². The highest BCUT2D eigenvalue weighted by Gasteiger charge is 2.21. The van der Waals surface area contributed by atoms with E-state index in [0.717, 1.165) is 19.6 Å². The van der Waals surface area contributed by atoms with Crippen LogP contribution >= 0.6 is 0 Å². The Morgan fingerprint density at radius 1 is 1.40 bits per heavy atom. The van der Waals surface area contributed by atoms with Crippen LogP contribution in [0.4, 0.5) is 0 Å². The number of hydrogen-bond acceptors (Lipinski definition) is 2. The summed E-state index contributed by atoms with van der Waals surface area (Å²) in [5.41, 5.74) is 0.169. The quantitative estimate of drug-likeness (QED) is 0.756. The summed E-state index contributed by atoms with van der Waals surface area (Å²) in [5.74, 6) is 0.295. The van der Waals surface area contributed by atoms with Crippen molar-refractivity contribution in [3.63, 3.8) is 0 Å². The second-order valence-electron chi connectivity index (χ2n) is 5.46. The first-order valence-electron chi connectivity index (χ1n) is 5.73. The van der Waals surface area contributed by atoms with E-state index >= 15 is 0 Å². The van der Waals surface area contributed by atoms with Gasteiger partial charge < -0.3 is 10.2 Å². The van der Waals surface area contributed by atoms with Gasteiger partial charge in [0.15, 0.2) is 0 Å². The van der Waals surface area contributed by atoms with Crippen molar-refractivity contribution in [1.29, 1.82) is 0 Å². The minimum atomic E-state index is 0.0669. The van der Waals surface area contributed by atoms with E-state index in [-0.39, 0.29) is 17.2 Å². The Morgan fingerprint density at radius 2 is 1.93 bits per heavy atom. The van der Waals surface area contributed by atoms with Crippen LogP contribution in [-0.2, 0) is 4.79 Å². The molecule has 1 amide bonds. The van der Waals surface area contributed by atoms with Gasteiger partial charge in [-0.05, 0) is 12.0 Å². The van der Waals surface area contributed by atoms with Gasteiger partial charge in [0.05, 0.1) is 0 Å². The fraction of sp³-hybridized carbons (Fsp3) is 0.917. The van der Waals surface area contributed by atoms with Crippen LogP contribution in [0.5, 0.6) is 0 Å². The van der Waals surface area contributed by atoms with Crippen molar-refractivity contribution in [2.45, 2.75) is 34.6 Å². The molecule has 0 saturated carbocycles. The molecule has 0 aliphatic carbocycles. The summed E-state index contributed by atoms with van der Waals surface area (Å²) in [7, 11) is 1.88. The molecule has 0 aliphatic rings. The molecule has 0 bridgehead atoms. The highest BCUT2D eigenvalue weighted by atomic mass is 16.2. The van der Waals surface area contributed by atoms with Crippen molar-refractivity contribution in [3.8, 4) is 0 Å². The number of carbonyl (C=O) groups excluding carboxylic acids is 1. The number of amides is 1. The zero-order valence-electron chi connectivity index (χ0n) is 11.1. The first kappa shape index (κ1) is 14.4. The van der Waals surface area contributed by atoms with Crippen molar-refractivity contribution < 1.29 is 4.79 Å². The molecule has 3 nitrogen and oxygen atoms in total. The summed E-state index contributed by atoms with van der Waals surface area (Å²) >= 11 is 0. The lowest BCUT2D eigenvalue weighted by atomic mass is 9.95. The number of nitrogens with one attached hydrogen (secondary N) is 1. The largest absolute Gasteiger partial charge is 0.345 e. The van der Waals surface area contributed by atoms with E-state index < -0.39 is 0 Å². The Balaban J connectivity index is 4.08. The summed E-state index contributed by atoms with van der Waals surface area (Å²) in [4.78, 5) is 13.7. The molecule has 1 N–H and O–H groups in total. The first-order chi connectivity index (χ1) is 6.78. The maximum atomic E-state index is 11.9. The van der Waals surface area contributed by atoms with Gasteiger partial charge in [-0.25, -0.2) is 0 Å². The Hall–Kier alpha value is -0.570. The maximum absolute atomic E-state index is 11.9. The highest BCUT2D eigenvalue weighted by molar-refractivity contribution is 5.78. The molecule has 0 radical (unpaired) electrons. The normalized spacial score (nSPS) is 13.7. The monoisotopic (exact) mass is 214 g/mol. The third-order valence-corrected chi connectivity index (χ3v) is 2.21. The number of rotatable bonds is 5.